The first kappa shape index (κ1) is 11.7. The molecule has 1 aromatic carbocycles. The molecule has 0 bridgehead atoms. The van der Waals surface area contributed by atoms with Gasteiger partial charge in [0.1, 0.15) is 0 Å². The summed E-state index contributed by atoms with van der Waals surface area (Å²) in [6.45, 7) is 4.03. The molecule has 0 atom stereocenters. The molecular formula is C14H18O. The van der Waals surface area contributed by atoms with Crippen LogP contribution in [-0.2, 0) is 6.42 Å². The van der Waals surface area contributed by atoms with Crippen molar-refractivity contribution < 1.29 is 4.79 Å². The van der Waals surface area contributed by atoms with Crippen molar-refractivity contribution in [3.8, 4) is 0 Å². The number of hydrogen-bond donors (Lipinski definition) is 0. The maximum absolute atomic E-state index is 11.7. The summed E-state index contributed by atoms with van der Waals surface area (Å²) in [5.74, 6) is 0.115. The van der Waals surface area contributed by atoms with E-state index >= 15 is 0 Å². The van der Waals surface area contributed by atoms with Crippen LogP contribution in [0.1, 0.15) is 42.6 Å². The molecule has 0 aliphatic rings. The third-order valence-electron chi connectivity index (χ3n) is 2.40. The topological polar surface area (TPSA) is 17.1 Å². The molecule has 0 saturated carbocycles. The van der Waals surface area contributed by atoms with Gasteiger partial charge in [-0.3, -0.25) is 4.79 Å². The van der Waals surface area contributed by atoms with Crippen LogP contribution in [0.15, 0.2) is 36.4 Å². The smallest absolute Gasteiger partial charge is 0.185 e. The zero-order chi connectivity index (χ0) is 11.1. The van der Waals surface area contributed by atoms with Crippen LogP contribution < -0.4 is 0 Å². The molecule has 0 radical (unpaired) electrons. The number of rotatable bonds is 5. The number of aryl methyl sites for hydroxylation is 1. The Morgan fingerprint density at radius 3 is 2.73 bits per heavy atom. The average molecular weight is 202 g/mol. The monoisotopic (exact) mass is 202 g/mol. The van der Waals surface area contributed by atoms with E-state index < -0.39 is 0 Å². The Morgan fingerprint density at radius 1 is 1.33 bits per heavy atom. The SMILES string of the molecule is C/C=C/C(=O)c1ccccc1CCCC. The fraction of sp³-hybridized carbons (Fsp3) is 0.357. The van der Waals surface area contributed by atoms with Gasteiger partial charge < -0.3 is 0 Å². The van der Waals surface area contributed by atoms with Crippen molar-refractivity contribution in [1.29, 1.82) is 0 Å². The van der Waals surface area contributed by atoms with Gasteiger partial charge in [0.15, 0.2) is 5.78 Å². The molecule has 0 spiro atoms. The first-order valence-corrected chi connectivity index (χ1v) is 5.54. The third kappa shape index (κ3) is 3.35. The lowest BCUT2D eigenvalue weighted by molar-refractivity contribution is 0.104. The third-order valence-corrected chi connectivity index (χ3v) is 2.40. The minimum absolute atomic E-state index is 0.115. The van der Waals surface area contributed by atoms with Gasteiger partial charge in [-0.1, -0.05) is 43.7 Å². The van der Waals surface area contributed by atoms with Gasteiger partial charge in [-0.15, -0.1) is 0 Å². The molecule has 1 rings (SSSR count). The summed E-state index contributed by atoms with van der Waals surface area (Å²) in [7, 11) is 0. The number of allylic oxidation sites excluding steroid dienone is 2. The zero-order valence-corrected chi connectivity index (χ0v) is 9.49. The molecule has 0 heterocycles. The van der Waals surface area contributed by atoms with Gasteiger partial charge in [-0.2, -0.15) is 0 Å². The summed E-state index contributed by atoms with van der Waals surface area (Å²) in [6, 6.07) is 7.88. The van der Waals surface area contributed by atoms with Gasteiger partial charge in [0.2, 0.25) is 0 Å². The lowest BCUT2D eigenvalue weighted by Crippen LogP contribution is -2.00. The van der Waals surface area contributed by atoms with E-state index in [9.17, 15) is 4.79 Å². The predicted octanol–water partition coefficient (Wildman–Crippen LogP) is 3.79. The van der Waals surface area contributed by atoms with Crippen LogP contribution in [0.2, 0.25) is 0 Å². The molecule has 0 fully saturated rings. The molecule has 80 valence electrons. The summed E-state index contributed by atoms with van der Waals surface area (Å²) < 4.78 is 0. The van der Waals surface area contributed by atoms with E-state index in [0.29, 0.717) is 0 Å². The number of unbranched alkanes of at least 4 members (excludes halogenated alkanes) is 1. The molecule has 0 unspecified atom stereocenters. The van der Waals surface area contributed by atoms with Crippen LogP contribution in [0.5, 0.6) is 0 Å². The van der Waals surface area contributed by atoms with E-state index in [-0.39, 0.29) is 5.78 Å². The van der Waals surface area contributed by atoms with Gasteiger partial charge >= 0.3 is 0 Å². The highest BCUT2D eigenvalue weighted by Gasteiger charge is 2.06. The highest BCUT2D eigenvalue weighted by Crippen LogP contribution is 2.13. The number of carbonyl (C=O) groups excluding carboxylic acids is 1. The van der Waals surface area contributed by atoms with E-state index in [1.807, 2.05) is 31.2 Å². The second-order valence-corrected chi connectivity index (χ2v) is 3.62. The lowest BCUT2D eigenvalue weighted by atomic mass is 9.99. The standard InChI is InChI=1S/C14H18O/c1-3-5-9-12-10-6-7-11-13(12)14(15)8-4-2/h4,6-8,10-11H,3,5,9H2,1-2H3/b8-4+. The Hall–Kier alpha value is -1.37. The minimum atomic E-state index is 0.115. The molecule has 15 heavy (non-hydrogen) atoms. The van der Waals surface area contributed by atoms with E-state index in [1.54, 1.807) is 12.2 Å². The van der Waals surface area contributed by atoms with Gasteiger partial charge in [0, 0.05) is 5.56 Å². The van der Waals surface area contributed by atoms with Crippen molar-refractivity contribution in [3.05, 3.63) is 47.5 Å². The highest BCUT2D eigenvalue weighted by molar-refractivity contribution is 6.05. The quantitative estimate of drug-likeness (QED) is 0.524. The van der Waals surface area contributed by atoms with Crippen molar-refractivity contribution in [2.24, 2.45) is 0 Å². The van der Waals surface area contributed by atoms with Crippen LogP contribution in [0.3, 0.4) is 0 Å². The van der Waals surface area contributed by atoms with Crippen LogP contribution >= 0.6 is 0 Å². The molecule has 1 heteroatoms. The Morgan fingerprint density at radius 2 is 2.07 bits per heavy atom. The Kier molecular flexibility index (Phi) is 4.82. The van der Waals surface area contributed by atoms with E-state index in [2.05, 4.69) is 6.92 Å². The summed E-state index contributed by atoms with van der Waals surface area (Å²) in [5, 5.41) is 0. The van der Waals surface area contributed by atoms with E-state index in [0.717, 1.165) is 24.8 Å². The van der Waals surface area contributed by atoms with Crippen LogP contribution in [0.25, 0.3) is 0 Å². The maximum Gasteiger partial charge on any atom is 0.185 e. The predicted molar refractivity (Wildman–Crippen MR) is 64.2 cm³/mol. The van der Waals surface area contributed by atoms with Gasteiger partial charge in [-0.25, -0.2) is 0 Å². The molecule has 1 nitrogen and oxygen atoms in total. The first-order valence-electron chi connectivity index (χ1n) is 5.54. The van der Waals surface area contributed by atoms with Gasteiger partial charge in [0.05, 0.1) is 0 Å². The van der Waals surface area contributed by atoms with Crippen molar-refractivity contribution in [1.82, 2.24) is 0 Å². The summed E-state index contributed by atoms with van der Waals surface area (Å²) in [4.78, 5) is 11.7. The molecule has 0 aliphatic carbocycles. The first-order chi connectivity index (χ1) is 7.29. The maximum atomic E-state index is 11.7. The number of carbonyl (C=O) groups is 1. The highest BCUT2D eigenvalue weighted by atomic mass is 16.1. The van der Waals surface area contributed by atoms with Crippen LogP contribution in [0.4, 0.5) is 0 Å². The number of ketones is 1. The zero-order valence-electron chi connectivity index (χ0n) is 9.49. The summed E-state index contributed by atoms with van der Waals surface area (Å²) in [5.41, 5.74) is 2.02. The van der Waals surface area contributed by atoms with Gasteiger partial charge in [0.25, 0.3) is 0 Å². The lowest BCUT2D eigenvalue weighted by Gasteiger charge is -2.05. The molecular weight excluding hydrogens is 184 g/mol. The van der Waals surface area contributed by atoms with Crippen molar-refractivity contribution in [3.63, 3.8) is 0 Å². The Labute approximate surface area is 91.8 Å². The summed E-state index contributed by atoms with van der Waals surface area (Å²) >= 11 is 0. The number of benzene rings is 1. The molecule has 0 saturated heterocycles. The largest absolute Gasteiger partial charge is 0.289 e. The normalized spacial score (nSPS) is 10.8. The van der Waals surface area contributed by atoms with E-state index in [4.69, 9.17) is 0 Å². The summed E-state index contributed by atoms with van der Waals surface area (Å²) in [6.07, 6.45) is 6.71. The molecule has 0 amide bonds. The van der Waals surface area contributed by atoms with E-state index in [1.165, 1.54) is 5.56 Å². The second kappa shape index (κ2) is 6.18. The van der Waals surface area contributed by atoms with Crippen LogP contribution in [0, 0.1) is 0 Å². The second-order valence-electron chi connectivity index (χ2n) is 3.62. The Balaban J connectivity index is 2.90. The minimum Gasteiger partial charge on any atom is -0.289 e. The fourth-order valence-corrected chi connectivity index (χ4v) is 1.59. The molecule has 0 aromatic heterocycles. The molecule has 0 aliphatic heterocycles. The van der Waals surface area contributed by atoms with Crippen molar-refractivity contribution in [2.75, 3.05) is 0 Å². The van der Waals surface area contributed by atoms with Crippen LogP contribution in [-0.4, -0.2) is 5.78 Å². The van der Waals surface area contributed by atoms with Gasteiger partial charge in [-0.05, 0) is 31.4 Å². The fourth-order valence-electron chi connectivity index (χ4n) is 1.59. The Bertz CT molecular complexity index is 350. The van der Waals surface area contributed by atoms with Crippen molar-refractivity contribution in [2.45, 2.75) is 33.1 Å². The number of hydrogen-bond acceptors (Lipinski definition) is 1. The van der Waals surface area contributed by atoms with Crippen molar-refractivity contribution >= 4 is 5.78 Å². The molecule has 1 aromatic rings. The average Bonchev–Trinajstić information content (AvgIpc) is 2.27. The molecule has 0 N–H and O–H groups in total.